The minimum atomic E-state index is 0.0502. The number of carbonyl (C=O) groups is 1. The molecule has 0 spiro atoms. The first kappa shape index (κ1) is 19.4. The van der Waals surface area contributed by atoms with E-state index in [4.69, 9.17) is 4.74 Å². The Hall–Kier alpha value is -1.95. The lowest BCUT2D eigenvalue weighted by Crippen LogP contribution is -2.33. The molecule has 2 aromatic rings. The second kappa shape index (κ2) is 10.1. The molecule has 0 saturated heterocycles. The maximum Gasteiger partial charge on any atom is 0.230 e. The van der Waals surface area contributed by atoms with Gasteiger partial charge in [-0.2, -0.15) is 0 Å². The molecule has 1 aromatic heterocycles. The Balaban J connectivity index is 1.89. The summed E-state index contributed by atoms with van der Waals surface area (Å²) in [7, 11) is 1.65. The Kier molecular flexibility index (Phi) is 7.85. The molecule has 25 heavy (non-hydrogen) atoms. The highest BCUT2D eigenvalue weighted by Gasteiger charge is 2.11. The SMILES string of the molecule is CCCCCC(C)NC(=O)CSc1nccn1-c1cccc(OC)c1. The van der Waals surface area contributed by atoms with Gasteiger partial charge in [0.25, 0.3) is 0 Å². The molecule has 1 aromatic carbocycles. The number of imidazole rings is 1. The highest BCUT2D eigenvalue weighted by atomic mass is 32.2. The summed E-state index contributed by atoms with van der Waals surface area (Å²) in [5, 5.41) is 3.86. The van der Waals surface area contributed by atoms with Gasteiger partial charge in [0.2, 0.25) is 5.91 Å². The molecule has 1 amide bonds. The molecule has 2 rings (SSSR count). The molecular formula is C19H27N3O2S. The largest absolute Gasteiger partial charge is 0.497 e. The van der Waals surface area contributed by atoms with Crippen molar-refractivity contribution in [2.75, 3.05) is 12.9 Å². The van der Waals surface area contributed by atoms with Gasteiger partial charge in [-0.05, 0) is 25.5 Å². The third-order valence-corrected chi connectivity index (χ3v) is 4.89. The molecule has 0 aliphatic rings. The number of amides is 1. The van der Waals surface area contributed by atoms with Crippen molar-refractivity contribution in [2.24, 2.45) is 0 Å². The van der Waals surface area contributed by atoms with Gasteiger partial charge in [0.15, 0.2) is 5.16 Å². The molecule has 0 radical (unpaired) electrons. The number of benzene rings is 1. The number of nitrogens with one attached hydrogen (secondary N) is 1. The highest BCUT2D eigenvalue weighted by molar-refractivity contribution is 7.99. The summed E-state index contributed by atoms with van der Waals surface area (Å²) in [5.41, 5.74) is 0.965. The molecule has 1 atom stereocenters. The van der Waals surface area contributed by atoms with E-state index in [1.54, 1.807) is 13.3 Å². The summed E-state index contributed by atoms with van der Waals surface area (Å²) in [5.74, 6) is 1.20. The van der Waals surface area contributed by atoms with Gasteiger partial charge in [0, 0.05) is 24.5 Å². The van der Waals surface area contributed by atoms with Crippen LogP contribution in [-0.4, -0.2) is 34.4 Å². The van der Waals surface area contributed by atoms with Gasteiger partial charge in [-0.15, -0.1) is 0 Å². The van der Waals surface area contributed by atoms with Crippen LogP contribution in [0.15, 0.2) is 41.8 Å². The predicted molar refractivity (Wildman–Crippen MR) is 103 cm³/mol. The van der Waals surface area contributed by atoms with Crippen molar-refractivity contribution in [2.45, 2.75) is 50.7 Å². The van der Waals surface area contributed by atoms with Crippen LogP contribution in [-0.2, 0) is 4.79 Å². The second-order valence-electron chi connectivity index (χ2n) is 6.03. The quantitative estimate of drug-likeness (QED) is 0.512. The smallest absolute Gasteiger partial charge is 0.230 e. The molecule has 0 bridgehead atoms. The van der Waals surface area contributed by atoms with E-state index < -0.39 is 0 Å². The van der Waals surface area contributed by atoms with Crippen LogP contribution in [0.25, 0.3) is 5.69 Å². The van der Waals surface area contributed by atoms with Gasteiger partial charge in [0.05, 0.1) is 18.6 Å². The number of ether oxygens (including phenoxy) is 1. The van der Waals surface area contributed by atoms with Crippen molar-refractivity contribution in [3.63, 3.8) is 0 Å². The Labute approximate surface area is 154 Å². The topological polar surface area (TPSA) is 56.2 Å². The number of rotatable bonds is 10. The lowest BCUT2D eigenvalue weighted by molar-refractivity contribution is -0.119. The third kappa shape index (κ3) is 6.12. The monoisotopic (exact) mass is 361 g/mol. The van der Waals surface area contributed by atoms with Crippen molar-refractivity contribution >= 4 is 17.7 Å². The Morgan fingerprint density at radius 1 is 1.40 bits per heavy atom. The Morgan fingerprint density at radius 3 is 3.00 bits per heavy atom. The molecule has 1 heterocycles. The summed E-state index contributed by atoms with van der Waals surface area (Å²) >= 11 is 1.44. The Morgan fingerprint density at radius 2 is 2.24 bits per heavy atom. The number of carbonyl (C=O) groups excluding carboxylic acids is 1. The van der Waals surface area contributed by atoms with Crippen molar-refractivity contribution in [3.8, 4) is 11.4 Å². The van der Waals surface area contributed by atoms with E-state index >= 15 is 0 Å². The van der Waals surface area contributed by atoms with Gasteiger partial charge < -0.3 is 10.1 Å². The van der Waals surface area contributed by atoms with E-state index in [1.165, 1.54) is 24.6 Å². The summed E-state index contributed by atoms with van der Waals surface area (Å²) in [6, 6.07) is 8.00. The molecule has 0 aliphatic heterocycles. The molecule has 0 aliphatic carbocycles. The molecule has 5 nitrogen and oxygen atoms in total. The van der Waals surface area contributed by atoms with Gasteiger partial charge in [0.1, 0.15) is 5.75 Å². The van der Waals surface area contributed by atoms with Crippen LogP contribution in [0.1, 0.15) is 39.5 Å². The zero-order valence-corrected chi connectivity index (χ0v) is 16.0. The number of methoxy groups -OCH3 is 1. The average molecular weight is 362 g/mol. The van der Waals surface area contributed by atoms with Crippen LogP contribution in [0.5, 0.6) is 5.75 Å². The zero-order chi connectivity index (χ0) is 18.1. The standard InChI is InChI=1S/C19H27N3O2S/c1-4-5-6-8-15(2)21-18(23)14-25-19-20-11-12-22(19)16-9-7-10-17(13-16)24-3/h7,9-13,15H,4-6,8,14H2,1-3H3,(H,21,23). The Bertz CT molecular complexity index is 672. The van der Waals surface area contributed by atoms with Crippen molar-refractivity contribution in [1.29, 1.82) is 0 Å². The normalized spacial score (nSPS) is 12.0. The van der Waals surface area contributed by atoms with E-state index in [2.05, 4.69) is 24.1 Å². The van der Waals surface area contributed by atoms with Crippen LogP contribution >= 0.6 is 11.8 Å². The fraction of sp³-hybridized carbons (Fsp3) is 0.474. The minimum absolute atomic E-state index is 0.0502. The highest BCUT2D eigenvalue weighted by Crippen LogP contribution is 2.23. The molecule has 1 N–H and O–H groups in total. The molecule has 136 valence electrons. The minimum Gasteiger partial charge on any atom is -0.497 e. The maximum atomic E-state index is 12.1. The first-order valence-electron chi connectivity index (χ1n) is 8.74. The summed E-state index contributed by atoms with van der Waals surface area (Å²) in [6.45, 7) is 4.25. The molecule has 0 saturated carbocycles. The first-order chi connectivity index (χ1) is 12.1. The fourth-order valence-corrected chi connectivity index (χ4v) is 3.36. The maximum absolute atomic E-state index is 12.1. The summed E-state index contributed by atoms with van der Waals surface area (Å²) in [6.07, 6.45) is 8.24. The average Bonchev–Trinajstić information content (AvgIpc) is 3.09. The number of unbranched alkanes of at least 4 members (excludes halogenated alkanes) is 2. The number of aromatic nitrogens is 2. The van der Waals surface area contributed by atoms with E-state index in [-0.39, 0.29) is 11.9 Å². The summed E-state index contributed by atoms with van der Waals surface area (Å²) < 4.78 is 7.23. The van der Waals surface area contributed by atoms with Crippen LogP contribution in [0.2, 0.25) is 0 Å². The summed E-state index contributed by atoms with van der Waals surface area (Å²) in [4.78, 5) is 16.5. The lowest BCUT2D eigenvalue weighted by Gasteiger charge is -2.13. The van der Waals surface area contributed by atoms with E-state index in [0.29, 0.717) is 5.75 Å². The number of nitrogens with zero attached hydrogens (tertiary/aromatic N) is 2. The van der Waals surface area contributed by atoms with Crippen LogP contribution in [0.3, 0.4) is 0 Å². The van der Waals surface area contributed by atoms with E-state index in [0.717, 1.165) is 29.4 Å². The molecular weight excluding hydrogens is 334 g/mol. The predicted octanol–water partition coefficient (Wildman–Crippen LogP) is 4.06. The lowest BCUT2D eigenvalue weighted by atomic mass is 10.1. The molecule has 6 heteroatoms. The van der Waals surface area contributed by atoms with E-state index in [9.17, 15) is 4.79 Å². The number of hydrogen-bond acceptors (Lipinski definition) is 4. The van der Waals surface area contributed by atoms with Crippen molar-refractivity contribution < 1.29 is 9.53 Å². The molecule has 0 fully saturated rings. The van der Waals surface area contributed by atoms with Crippen LogP contribution in [0.4, 0.5) is 0 Å². The third-order valence-electron chi connectivity index (χ3n) is 3.92. The van der Waals surface area contributed by atoms with Crippen LogP contribution in [0, 0.1) is 0 Å². The van der Waals surface area contributed by atoms with Crippen molar-refractivity contribution in [3.05, 3.63) is 36.7 Å². The number of hydrogen-bond donors (Lipinski definition) is 1. The van der Waals surface area contributed by atoms with Crippen molar-refractivity contribution in [1.82, 2.24) is 14.9 Å². The van der Waals surface area contributed by atoms with E-state index in [1.807, 2.05) is 35.0 Å². The fourth-order valence-electron chi connectivity index (χ4n) is 2.57. The van der Waals surface area contributed by atoms with Crippen LogP contribution < -0.4 is 10.1 Å². The zero-order valence-electron chi connectivity index (χ0n) is 15.2. The second-order valence-corrected chi connectivity index (χ2v) is 6.98. The number of thioether (sulfide) groups is 1. The van der Waals surface area contributed by atoms with Gasteiger partial charge in [-0.3, -0.25) is 9.36 Å². The van der Waals surface area contributed by atoms with Gasteiger partial charge in [-0.25, -0.2) is 4.98 Å². The van der Waals surface area contributed by atoms with Gasteiger partial charge in [-0.1, -0.05) is 44.0 Å². The van der Waals surface area contributed by atoms with Gasteiger partial charge >= 0.3 is 0 Å². The first-order valence-corrected chi connectivity index (χ1v) is 9.72. The molecule has 1 unspecified atom stereocenters.